The summed E-state index contributed by atoms with van der Waals surface area (Å²) in [6.07, 6.45) is -3.96. The number of nitrogens with zero attached hydrogens (tertiary/aromatic N) is 2. The lowest BCUT2D eigenvalue weighted by atomic mass is 10.0. The van der Waals surface area contributed by atoms with Gasteiger partial charge >= 0.3 is 6.18 Å². The minimum atomic E-state index is -4.81. The highest BCUT2D eigenvalue weighted by Gasteiger charge is 2.38. The Balaban J connectivity index is 2.21. The molecule has 0 saturated heterocycles. The molecule has 1 aromatic carbocycles. The average molecular weight is 458 g/mol. The molecule has 2 rings (SSSR count). The van der Waals surface area contributed by atoms with Crippen LogP contribution in [0.5, 0.6) is 0 Å². The largest absolute Gasteiger partial charge is 0.434 e. The Morgan fingerprint density at radius 2 is 1.77 bits per heavy atom. The van der Waals surface area contributed by atoms with Crippen LogP contribution in [0.1, 0.15) is 23.0 Å². The van der Waals surface area contributed by atoms with Crippen molar-refractivity contribution in [2.24, 2.45) is 0 Å². The first-order valence-electron chi connectivity index (χ1n) is 8.67. The van der Waals surface area contributed by atoms with E-state index in [1.807, 2.05) is 5.32 Å². The fraction of sp³-hybridized carbons (Fsp3) is 0.294. The van der Waals surface area contributed by atoms with E-state index in [1.165, 1.54) is 19.2 Å². The van der Waals surface area contributed by atoms with Crippen LogP contribution in [0, 0.1) is 0 Å². The van der Waals surface area contributed by atoms with E-state index in [2.05, 4.69) is 15.3 Å². The van der Waals surface area contributed by atoms with Crippen molar-refractivity contribution in [3.05, 3.63) is 41.7 Å². The molecule has 1 atom stereocenters. The van der Waals surface area contributed by atoms with Crippen LogP contribution >= 0.6 is 0 Å². The molecule has 0 fully saturated rings. The summed E-state index contributed by atoms with van der Waals surface area (Å²) in [5.41, 5.74) is -4.05. The Morgan fingerprint density at radius 1 is 1.19 bits per heavy atom. The van der Waals surface area contributed by atoms with Crippen molar-refractivity contribution in [1.29, 1.82) is 0 Å². The van der Waals surface area contributed by atoms with Gasteiger partial charge in [-0.1, -0.05) is 0 Å². The van der Waals surface area contributed by atoms with Crippen LogP contribution < -0.4 is 16.2 Å². The molecule has 2 amide bonds. The molecule has 1 aromatic heterocycles. The third-order valence-corrected chi connectivity index (χ3v) is 6.06. The number of carbonyl (C=O) groups is 2. The molecule has 2 aromatic rings. The number of amides is 2. The van der Waals surface area contributed by atoms with Gasteiger partial charge in [0, 0.05) is 18.2 Å². The van der Waals surface area contributed by atoms with Gasteiger partial charge in [0.2, 0.25) is 0 Å². The summed E-state index contributed by atoms with van der Waals surface area (Å²) in [7, 11) is -1.72. The number of aromatic nitrogens is 2. The topological polar surface area (TPSA) is 138 Å². The van der Waals surface area contributed by atoms with Crippen LogP contribution in [-0.4, -0.2) is 61.6 Å². The van der Waals surface area contributed by atoms with Crippen LogP contribution in [0.3, 0.4) is 0 Å². The molecule has 3 N–H and O–H groups in total. The highest BCUT2D eigenvalue weighted by molar-refractivity contribution is 7.91. The molecule has 9 nitrogen and oxygen atoms in total. The van der Waals surface area contributed by atoms with Crippen molar-refractivity contribution in [2.45, 2.75) is 23.6 Å². The highest BCUT2D eigenvalue weighted by Crippen LogP contribution is 2.26. The average Bonchev–Trinajstić information content (AvgIpc) is 2.67. The Labute approximate surface area is 176 Å². The van der Waals surface area contributed by atoms with Crippen molar-refractivity contribution in [3.8, 4) is 0 Å². The number of hydrogen-bond donors (Lipinski definition) is 3. The molecule has 0 unspecified atom stereocenters. The second-order valence-electron chi connectivity index (χ2n) is 6.78. The van der Waals surface area contributed by atoms with Crippen molar-refractivity contribution in [1.82, 2.24) is 15.3 Å². The van der Waals surface area contributed by atoms with Gasteiger partial charge in [-0.05, 0) is 31.2 Å². The smallest absolute Gasteiger partial charge is 0.379 e. The van der Waals surface area contributed by atoms with E-state index in [9.17, 15) is 36.3 Å². The molecular weight excluding hydrogens is 440 g/mol. The Morgan fingerprint density at radius 3 is 2.29 bits per heavy atom. The van der Waals surface area contributed by atoms with Crippen LogP contribution in [0.2, 0.25) is 0 Å². The number of anilines is 1. The van der Waals surface area contributed by atoms with Crippen LogP contribution in [0.15, 0.2) is 35.4 Å². The van der Waals surface area contributed by atoms with Gasteiger partial charge in [0.25, 0.3) is 11.8 Å². The van der Waals surface area contributed by atoms with E-state index in [0.29, 0.717) is 0 Å². The number of aliphatic hydroxyl groups is 1. The van der Waals surface area contributed by atoms with E-state index in [4.69, 9.17) is 0 Å². The third-order valence-electron chi connectivity index (χ3n) is 4.13. The summed E-state index contributed by atoms with van der Waals surface area (Å²) in [5.74, 6) is -3.40. The molecule has 31 heavy (non-hydrogen) atoms. The fourth-order valence-corrected chi connectivity index (χ4v) is 4.09. The third kappa shape index (κ3) is 5.79. The lowest BCUT2D eigenvalue weighted by Crippen LogP contribution is -2.46. The second kappa shape index (κ2) is 8.63. The van der Waals surface area contributed by atoms with E-state index < -0.39 is 56.3 Å². The highest BCUT2D eigenvalue weighted by atomic mass is 32.2. The molecule has 0 aliphatic rings. The molecule has 166 valence electrons. The first kappa shape index (κ1) is 24.3. The number of sulfone groups is 1. The van der Waals surface area contributed by atoms with Crippen molar-refractivity contribution in [3.63, 3.8) is 0 Å². The van der Waals surface area contributed by atoms with Gasteiger partial charge in [0.15, 0.2) is 34.8 Å². The standard InChI is InChI=1S/C17H18BF3N4O5S/c1-16(28,8-31(29,30)10-5-3-9(4-6-10)14(26)22-2)15(27)25-11-7-23-13(18)12(24-11)17(19,20)21/h3-7,28H,8,18H2,1-2H3,(H,22,26)(H,24,25,27)/t16-/m0/s1. The van der Waals surface area contributed by atoms with Crippen molar-refractivity contribution < 1.29 is 36.3 Å². The maximum Gasteiger partial charge on any atom is 0.434 e. The summed E-state index contributed by atoms with van der Waals surface area (Å²) in [6, 6.07) is 4.77. The number of rotatable bonds is 6. The lowest BCUT2D eigenvalue weighted by Gasteiger charge is -2.22. The fourth-order valence-electron chi connectivity index (χ4n) is 2.51. The van der Waals surface area contributed by atoms with Gasteiger partial charge in [-0.2, -0.15) is 13.2 Å². The Bertz CT molecular complexity index is 1110. The van der Waals surface area contributed by atoms with Crippen molar-refractivity contribution in [2.75, 3.05) is 18.1 Å². The minimum Gasteiger partial charge on any atom is -0.379 e. The number of halogens is 3. The van der Waals surface area contributed by atoms with Crippen LogP contribution in [0.25, 0.3) is 0 Å². The van der Waals surface area contributed by atoms with Gasteiger partial charge < -0.3 is 15.7 Å². The number of benzene rings is 1. The summed E-state index contributed by atoms with van der Waals surface area (Å²) in [6.45, 7) is 0.894. The first-order valence-corrected chi connectivity index (χ1v) is 10.3. The lowest BCUT2D eigenvalue weighted by molar-refractivity contribution is -0.140. The minimum absolute atomic E-state index is 0.198. The van der Waals surface area contributed by atoms with Gasteiger partial charge in [-0.25, -0.2) is 13.4 Å². The van der Waals surface area contributed by atoms with Gasteiger partial charge in [0.05, 0.1) is 16.8 Å². The predicted molar refractivity (Wildman–Crippen MR) is 106 cm³/mol. The zero-order valence-corrected chi connectivity index (χ0v) is 17.4. The predicted octanol–water partition coefficient (Wildman–Crippen LogP) is -0.723. The summed E-state index contributed by atoms with van der Waals surface area (Å²) in [4.78, 5) is 30.4. The zero-order chi connectivity index (χ0) is 23.6. The summed E-state index contributed by atoms with van der Waals surface area (Å²) in [5, 5.41) is 14.7. The molecule has 0 saturated carbocycles. The maximum atomic E-state index is 12.9. The number of nitrogens with one attached hydrogen (secondary N) is 2. The Hall–Kier alpha value is -3.00. The van der Waals surface area contributed by atoms with E-state index in [-0.39, 0.29) is 10.5 Å². The number of alkyl halides is 3. The maximum absolute atomic E-state index is 12.9. The number of carbonyl (C=O) groups excluding carboxylic acids is 2. The molecule has 0 radical (unpaired) electrons. The van der Waals surface area contributed by atoms with E-state index in [1.54, 1.807) is 0 Å². The molecule has 14 heteroatoms. The van der Waals surface area contributed by atoms with Gasteiger partial charge in [-0.3, -0.25) is 14.6 Å². The summed E-state index contributed by atoms with van der Waals surface area (Å²) < 4.78 is 64.0. The molecule has 0 spiro atoms. The van der Waals surface area contributed by atoms with E-state index in [0.717, 1.165) is 33.1 Å². The second-order valence-corrected chi connectivity index (χ2v) is 8.77. The SMILES string of the molecule is Bc1ncc(NC(=O)[C@@](C)(O)CS(=O)(=O)c2ccc(C(=O)NC)cc2)nc1C(F)(F)F. The van der Waals surface area contributed by atoms with Gasteiger partial charge in [0.1, 0.15) is 0 Å². The van der Waals surface area contributed by atoms with E-state index >= 15 is 0 Å². The Kier molecular flexibility index (Phi) is 6.76. The van der Waals surface area contributed by atoms with Crippen LogP contribution in [-0.2, 0) is 20.8 Å². The quantitative estimate of drug-likeness (QED) is 0.486. The molecular formula is C17H18BF3N4O5S. The van der Waals surface area contributed by atoms with Gasteiger partial charge in [-0.15, -0.1) is 0 Å². The zero-order valence-electron chi connectivity index (χ0n) is 16.6. The first-order chi connectivity index (χ1) is 14.2. The number of hydrogen-bond acceptors (Lipinski definition) is 7. The normalized spacial score (nSPS) is 13.9. The monoisotopic (exact) mass is 458 g/mol. The molecule has 1 heterocycles. The summed E-state index contributed by atoms with van der Waals surface area (Å²) >= 11 is 0. The van der Waals surface area contributed by atoms with Crippen LogP contribution in [0.4, 0.5) is 19.0 Å². The molecule has 0 aliphatic carbocycles. The van der Waals surface area contributed by atoms with Crippen molar-refractivity contribution >= 4 is 40.9 Å². The molecule has 0 bridgehead atoms. The molecule has 0 aliphatic heterocycles.